The quantitative estimate of drug-likeness (QED) is 0.650. The van der Waals surface area contributed by atoms with Crippen LogP contribution in [0.5, 0.6) is 5.88 Å². The fourth-order valence-corrected chi connectivity index (χ4v) is 2.48. The molecule has 0 spiro atoms. The second kappa shape index (κ2) is 7.29. The van der Waals surface area contributed by atoms with Crippen molar-refractivity contribution in [2.75, 3.05) is 6.61 Å². The molecule has 0 radical (unpaired) electrons. The van der Waals surface area contributed by atoms with Crippen LogP contribution in [0.1, 0.15) is 51.4 Å². The summed E-state index contributed by atoms with van der Waals surface area (Å²) in [6.07, 6.45) is -0.764. The molecule has 1 heterocycles. The summed E-state index contributed by atoms with van der Waals surface area (Å²) in [4.78, 5) is 24.6. The molecule has 1 unspecified atom stereocenters. The molecule has 0 bridgehead atoms. The highest BCUT2D eigenvalue weighted by atomic mass is 16.5. The first-order valence-corrected chi connectivity index (χ1v) is 7.85. The van der Waals surface area contributed by atoms with Crippen LogP contribution in [0.3, 0.4) is 0 Å². The standard InChI is InChI=1S/C18H22N2O4/c1-6-23-18(22)15-12(4)19-20-17(15)24-13(5)16(21)14-8-7-10(2)9-11(14)3/h7-9,13H,6H2,1-5H3,(H,19,20). The average Bonchev–Trinajstić information content (AvgIpc) is 2.87. The van der Waals surface area contributed by atoms with Crippen LogP contribution in [-0.2, 0) is 4.74 Å². The number of aryl methyl sites for hydroxylation is 3. The molecular weight excluding hydrogens is 308 g/mol. The van der Waals surface area contributed by atoms with Crippen molar-refractivity contribution in [2.45, 2.75) is 40.7 Å². The maximum absolute atomic E-state index is 12.6. The predicted octanol–water partition coefficient (Wildman–Crippen LogP) is 3.16. The molecule has 2 rings (SSSR count). The summed E-state index contributed by atoms with van der Waals surface area (Å²) in [6.45, 7) is 9.15. The number of Topliss-reactive ketones (excluding diaryl/α,β-unsaturated/α-hetero) is 1. The molecule has 6 nitrogen and oxygen atoms in total. The third-order valence-electron chi connectivity index (χ3n) is 3.70. The number of carbonyl (C=O) groups is 2. The van der Waals surface area contributed by atoms with Crippen LogP contribution in [0, 0.1) is 20.8 Å². The van der Waals surface area contributed by atoms with Gasteiger partial charge >= 0.3 is 5.97 Å². The lowest BCUT2D eigenvalue weighted by molar-refractivity contribution is 0.0515. The van der Waals surface area contributed by atoms with Crippen LogP contribution in [-0.4, -0.2) is 34.7 Å². The number of benzene rings is 1. The zero-order valence-corrected chi connectivity index (χ0v) is 14.6. The molecule has 1 aromatic carbocycles. The lowest BCUT2D eigenvalue weighted by Crippen LogP contribution is -2.25. The van der Waals surface area contributed by atoms with Crippen molar-refractivity contribution in [2.24, 2.45) is 0 Å². The number of hydrogen-bond donors (Lipinski definition) is 1. The summed E-state index contributed by atoms with van der Waals surface area (Å²) in [7, 11) is 0. The van der Waals surface area contributed by atoms with E-state index in [1.54, 1.807) is 26.8 Å². The average molecular weight is 330 g/mol. The number of carbonyl (C=O) groups excluding carboxylic acids is 2. The third kappa shape index (κ3) is 3.64. The van der Waals surface area contributed by atoms with E-state index >= 15 is 0 Å². The highest BCUT2D eigenvalue weighted by Crippen LogP contribution is 2.22. The molecule has 24 heavy (non-hydrogen) atoms. The first kappa shape index (κ1) is 17.7. The van der Waals surface area contributed by atoms with Crippen molar-refractivity contribution < 1.29 is 19.1 Å². The van der Waals surface area contributed by atoms with Gasteiger partial charge in [-0.1, -0.05) is 23.8 Å². The van der Waals surface area contributed by atoms with Gasteiger partial charge in [-0.3, -0.25) is 4.79 Å². The zero-order valence-electron chi connectivity index (χ0n) is 14.6. The van der Waals surface area contributed by atoms with Gasteiger partial charge in [0.1, 0.15) is 5.56 Å². The molecule has 2 aromatic rings. The maximum Gasteiger partial charge on any atom is 0.345 e. The smallest absolute Gasteiger partial charge is 0.345 e. The zero-order chi connectivity index (χ0) is 17.9. The lowest BCUT2D eigenvalue weighted by atomic mass is 10.00. The van der Waals surface area contributed by atoms with E-state index in [1.165, 1.54) is 0 Å². The van der Waals surface area contributed by atoms with Gasteiger partial charge in [0, 0.05) is 5.56 Å². The van der Waals surface area contributed by atoms with E-state index in [2.05, 4.69) is 10.2 Å². The molecule has 0 amide bonds. The number of nitrogens with one attached hydrogen (secondary N) is 1. The molecule has 1 aromatic heterocycles. The lowest BCUT2D eigenvalue weighted by Gasteiger charge is -2.15. The molecule has 0 saturated carbocycles. The Balaban J connectivity index is 2.22. The van der Waals surface area contributed by atoms with Gasteiger partial charge in [-0.25, -0.2) is 9.89 Å². The van der Waals surface area contributed by atoms with E-state index in [1.807, 2.05) is 26.0 Å². The second-order valence-corrected chi connectivity index (χ2v) is 5.68. The van der Waals surface area contributed by atoms with Crippen LogP contribution >= 0.6 is 0 Å². The first-order valence-electron chi connectivity index (χ1n) is 7.85. The maximum atomic E-state index is 12.6. The number of ketones is 1. The number of aromatic nitrogens is 2. The van der Waals surface area contributed by atoms with Crippen molar-refractivity contribution in [1.82, 2.24) is 10.2 Å². The van der Waals surface area contributed by atoms with Crippen LogP contribution in [0.4, 0.5) is 0 Å². The van der Waals surface area contributed by atoms with Crippen LogP contribution in [0.25, 0.3) is 0 Å². The van der Waals surface area contributed by atoms with E-state index in [4.69, 9.17) is 9.47 Å². The molecule has 1 atom stereocenters. The van der Waals surface area contributed by atoms with Gasteiger partial charge in [0.05, 0.1) is 12.3 Å². The number of H-pyrrole nitrogens is 1. The highest BCUT2D eigenvalue weighted by Gasteiger charge is 2.25. The summed E-state index contributed by atoms with van der Waals surface area (Å²) in [6, 6.07) is 5.62. The Morgan fingerprint density at radius 3 is 2.58 bits per heavy atom. The van der Waals surface area contributed by atoms with Crippen LogP contribution < -0.4 is 4.74 Å². The van der Waals surface area contributed by atoms with E-state index < -0.39 is 12.1 Å². The first-order chi connectivity index (χ1) is 11.3. The number of nitrogens with zero attached hydrogens (tertiary/aromatic N) is 1. The van der Waals surface area contributed by atoms with Gasteiger partial charge in [0.15, 0.2) is 6.10 Å². The largest absolute Gasteiger partial charge is 0.466 e. The van der Waals surface area contributed by atoms with Gasteiger partial charge in [-0.15, -0.1) is 0 Å². The van der Waals surface area contributed by atoms with Crippen molar-refractivity contribution in [3.05, 3.63) is 46.1 Å². The fourth-order valence-electron chi connectivity index (χ4n) is 2.48. The molecule has 0 saturated heterocycles. The van der Waals surface area contributed by atoms with E-state index in [-0.39, 0.29) is 23.8 Å². The number of aromatic amines is 1. The van der Waals surface area contributed by atoms with Crippen molar-refractivity contribution in [3.63, 3.8) is 0 Å². The normalized spacial score (nSPS) is 11.9. The Bertz CT molecular complexity index is 764. The summed E-state index contributed by atoms with van der Waals surface area (Å²) >= 11 is 0. The number of rotatable bonds is 6. The molecule has 0 aliphatic carbocycles. The molecule has 1 N–H and O–H groups in total. The fraction of sp³-hybridized carbons (Fsp3) is 0.389. The van der Waals surface area contributed by atoms with Crippen LogP contribution in [0.15, 0.2) is 18.2 Å². The second-order valence-electron chi connectivity index (χ2n) is 5.68. The minimum Gasteiger partial charge on any atom is -0.466 e. The Morgan fingerprint density at radius 2 is 1.96 bits per heavy atom. The Hall–Kier alpha value is -2.63. The van der Waals surface area contributed by atoms with Gasteiger partial charge < -0.3 is 9.47 Å². The van der Waals surface area contributed by atoms with Gasteiger partial charge in [-0.05, 0) is 40.2 Å². The SMILES string of the molecule is CCOC(=O)c1c(C)n[nH]c1OC(C)C(=O)c1ccc(C)cc1C. The third-order valence-corrected chi connectivity index (χ3v) is 3.70. The topological polar surface area (TPSA) is 81.3 Å². The Labute approximate surface area is 141 Å². The number of esters is 1. The summed E-state index contributed by atoms with van der Waals surface area (Å²) in [5, 5.41) is 6.62. The number of hydrogen-bond acceptors (Lipinski definition) is 5. The minimum absolute atomic E-state index is 0.150. The van der Waals surface area contributed by atoms with Crippen molar-refractivity contribution >= 4 is 11.8 Å². The van der Waals surface area contributed by atoms with Gasteiger partial charge in [0.25, 0.3) is 0 Å². The van der Waals surface area contributed by atoms with Gasteiger partial charge in [0.2, 0.25) is 11.7 Å². The number of ether oxygens (including phenoxy) is 2. The molecule has 128 valence electrons. The van der Waals surface area contributed by atoms with E-state index in [9.17, 15) is 9.59 Å². The molecule has 0 fully saturated rings. The summed E-state index contributed by atoms with van der Waals surface area (Å²) in [5.74, 6) is -0.531. The molecule has 6 heteroatoms. The summed E-state index contributed by atoms with van der Waals surface area (Å²) < 4.78 is 10.7. The van der Waals surface area contributed by atoms with E-state index in [0.717, 1.165) is 11.1 Å². The van der Waals surface area contributed by atoms with E-state index in [0.29, 0.717) is 11.3 Å². The predicted molar refractivity (Wildman–Crippen MR) is 89.6 cm³/mol. The Kier molecular flexibility index (Phi) is 5.39. The molecule has 0 aliphatic rings. The van der Waals surface area contributed by atoms with Crippen molar-refractivity contribution in [3.8, 4) is 5.88 Å². The summed E-state index contributed by atoms with van der Waals surface area (Å²) in [5.41, 5.74) is 3.27. The van der Waals surface area contributed by atoms with Gasteiger partial charge in [-0.2, -0.15) is 5.10 Å². The molecule has 0 aliphatic heterocycles. The highest BCUT2D eigenvalue weighted by molar-refractivity contribution is 6.01. The Morgan fingerprint density at radius 1 is 1.25 bits per heavy atom. The van der Waals surface area contributed by atoms with Crippen LogP contribution in [0.2, 0.25) is 0 Å². The monoisotopic (exact) mass is 330 g/mol. The molecular formula is C18H22N2O4. The van der Waals surface area contributed by atoms with Crippen molar-refractivity contribution in [1.29, 1.82) is 0 Å². The minimum atomic E-state index is -0.764.